The van der Waals surface area contributed by atoms with Crippen molar-refractivity contribution in [3.63, 3.8) is 0 Å². The molecule has 1 aromatic heterocycles. The monoisotopic (exact) mass is 233 g/mol. The molecule has 2 atom stereocenters. The molecule has 1 aromatic rings. The summed E-state index contributed by atoms with van der Waals surface area (Å²) < 4.78 is 0. The number of rotatable bonds is 3. The maximum absolute atomic E-state index is 5.95. The first-order valence-corrected chi connectivity index (χ1v) is 6.61. The van der Waals surface area contributed by atoms with Crippen molar-refractivity contribution in [2.75, 3.05) is 11.4 Å². The Labute approximate surface area is 104 Å². The molecule has 3 nitrogen and oxygen atoms in total. The van der Waals surface area contributed by atoms with E-state index in [-0.39, 0.29) is 6.04 Å². The number of hydrogen-bond donors (Lipinski definition) is 1. The number of piperidine rings is 1. The summed E-state index contributed by atoms with van der Waals surface area (Å²) in [6.07, 6.45) is 6.88. The lowest BCUT2D eigenvalue weighted by Crippen LogP contribution is -2.42. The van der Waals surface area contributed by atoms with Crippen LogP contribution in [-0.2, 0) is 0 Å². The summed E-state index contributed by atoms with van der Waals surface area (Å²) in [7, 11) is 0. The van der Waals surface area contributed by atoms with Crippen LogP contribution in [0.1, 0.15) is 38.3 Å². The van der Waals surface area contributed by atoms with Crippen LogP contribution < -0.4 is 10.6 Å². The molecule has 2 N–H and O–H groups in total. The SMILES string of the molecule is Cc1cc(N2CCCCC2CC(C)N)ccn1. The molecule has 2 unspecified atom stereocenters. The molecule has 1 saturated heterocycles. The van der Waals surface area contributed by atoms with Gasteiger partial charge in [-0.3, -0.25) is 4.98 Å². The molecule has 0 aromatic carbocycles. The van der Waals surface area contributed by atoms with Gasteiger partial charge in [-0.25, -0.2) is 0 Å². The summed E-state index contributed by atoms with van der Waals surface area (Å²) >= 11 is 0. The number of aromatic nitrogens is 1. The van der Waals surface area contributed by atoms with Gasteiger partial charge in [-0.05, 0) is 51.7 Å². The van der Waals surface area contributed by atoms with Crippen molar-refractivity contribution in [3.8, 4) is 0 Å². The number of pyridine rings is 1. The number of aryl methyl sites for hydroxylation is 1. The van der Waals surface area contributed by atoms with Gasteiger partial charge >= 0.3 is 0 Å². The Hall–Kier alpha value is -1.09. The van der Waals surface area contributed by atoms with Gasteiger partial charge in [0.2, 0.25) is 0 Å². The van der Waals surface area contributed by atoms with E-state index < -0.39 is 0 Å². The molecule has 0 bridgehead atoms. The van der Waals surface area contributed by atoms with Crippen molar-refractivity contribution in [2.45, 2.75) is 51.6 Å². The van der Waals surface area contributed by atoms with Crippen molar-refractivity contribution >= 4 is 5.69 Å². The predicted molar refractivity (Wildman–Crippen MR) is 72.2 cm³/mol. The molecule has 1 aliphatic heterocycles. The van der Waals surface area contributed by atoms with Crippen LogP contribution in [0.4, 0.5) is 5.69 Å². The summed E-state index contributed by atoms with van der Waals surface area (Å²) in [6, 6.07) is 5.18. The van der Waals surface area contributed by atoms with Crippen LogP contribution in [0.5, 0.6) is 0 Å². The van der Waals surface area contributed by atoms with E-state index >= 15 is 0 Å². The fourth-order valence-electron chi connectivity index (χ4n) is 2.72. The predicted octanol–water partition coefficient (Wildman–Crippen LogP) is 2.49. The second-order valence-electron chi connectivity index (χ2n) is 5.21. The van der Waals surface area contributed by atoms with Gasteiger partial charge in [-0.15, -0.1) is 0 Å². The normalized spacial score (nSPS) is 22.5. The zero-order valence-corrected chi connectivity index (χ0v) is 10.9. The van der Waals surface area contributed by atoms with Crippen molar-refractivity contribution in [1.29, 1.82) is 0 Å². The average Bonchev–Trinajstić information content (AvgIpc) is 2.29. The highest BCUT2D eigenvalue weighted by atomic mass is 15.2. The third-order valence-electron chi connectivity index (χ3n) is 3.48. The van der Waals surface area contributed by atoms with Gasteiger partial charge in [0.25, 0.3) is 0 Å². The van der Waals surface area contributed by atoms with Gasteiger partial charge in [-0.1, -0.05) is 0 Å². The minimum absolute atomic E-state index is 0.281. The van der Waals surface area contributed by atoms with Crippen LogP contribution in [0.15, 0.2) is 18.3 Å². The van der Waals surface area contributed by atoms with E-state index in [0.717, 1.165) is 18.7 Å². The summed E-state index contributed by atoms with van der Waals surface area (Å²) in [5.41, 5.74) is 8.35. The summed E-state index contributed by atoms with van der Waals surface area (Å²) in [5.74, 6) is 0. The highest BCUT2D eigenvalue weighted by Gasteiger charge is 2.23. The minimum atomic E-state index is 0.281. The van der Waals surface area contributed by atoms with Gasteiger partial charge in [0.15, 0.2) is 0 Å². The highest BCUT2D eigenvalue weighted by molar-refractivity contribution is 5.47. The second kappa shape index (κ2) is 5.50. The molecule has 0 spiro atoms. The lowest BCUT2D eigenvalue weighted by Gasteiger charge is -2.38. The lowest BCUT2D eigenvalue weighted by molar-refractivity contribution is 0.416. The van der Waals surface area contributed by atoms with Gasteiger partial charge < -0.3 is 10.6 Å². The molecular formula is C14H23N3. The van der Waals surface area contributed by atoms with E-state index in [0.29, 0.717) is 6.04 Å². The summed E-state index contributed by atoms with van der Waals surface area (Å²) in [4.78, 5) is 6.78. The number of nitrogens with zero attached hydrogens (tertiary/aromatic N) is 2. The Morgan fingerprint density at radius 2 is 2.35 bits per heavy atom. The van der Waals surface area contributed by atoms with E-state index in [1.165, 1.54) is 24.9 Å². The molecule has 1 aliphatic rings. The first kappa shape index (κ1) is 12.4. The van der Waals surface area contributed by atoms with Gasteiger partial charge in [0.05, 0.1) is 0 Å². The summed E-state index contributed by atoms with van der Waals surface area (Å²) in [6.45, 7) is 5.30. The molecule has 1 fully saturated rings. The first-order valence-electron chi connectivity index (χ1n) is 6.61. The van der Waals surface area contributed by atoms with Crippen LogP contribution in [0, 0.1) is 6.92 Å². The molecular weight excluding hydrogens is 210 g/mol. The Balaban J connectivity index is 2.15. The van der Waals surface area contributed by atoms with Crippen molar-refractivity contribution in [2.24, 2.45) is 5.73 Å². The van der Waals surface area contributed by atoms with E-state index in [9.17, 15) is 0 Å². The number of hydrogen-bond acceptors (Lipinski definition) is 3. The maximum atomic E-state index is 5.95. The molecule has 2 rings (SSSR count). The van der Waals surface area contributed by atoms with E-state index in [1.54, 1.807) is 0 Å². The molecule has 0 aliphatic carbocycles. The molecule has 2 heterocycles. The van der Waals surface area contributed by atoms with Crippen molar-refractivity contribution < 1.29 is 0 Å². The van der Waals surface area contributed by atoms with Gasteiger partial charge in [0, 0.05) is 36.2 Å². The number of nitrogens with two attached hydrogens (primary N) is 1. The van der Waals surface area contributed by atoms with Gasteiger partial charge in [-0.2, -0.15) is 0 Å². The first-order chi connectivity index (χ1) is 8.16. The third kappa shape index (κ3) is 3.19. The third-order valence-corrected chi connectivity index (χ3v) is 3.48. The summed E-state index contributed by atoms with van der Waals surface area (Å²) in [5, 5.41) is 0. The molecule has 0 amide bonds. The highest BCUT2D eigenvalue weighted by Crippen LogP contribution is 2.27. The Kier molecular flexibility index (Phi) is 4.00. The zero-order chi connectivity index (χ0) is 12.3. The van der Waals surface area contributed by atoms with E-state index in [4.69, 9.17) is 5.73 Å². The Morgan fingerprint density at radius 3 is 3.06 bits per heavy atom. The molecule has 0 radical (unpaired) electrons. The van der Waals surface area contributed by atoms with Crippen LogP contribution in [0.2, 0.25) is 0 Å². The Bertz CT molecular complexity index is 362. The van der Waals surface area contributed by atoms with Crippen LogP contribution in [0.3, 0.4) is 0 Å². The Morgan fingerprint density at radius 1 is 1.53 bits per heavy atom. The fourth-order valence-corrected chi connectivity index (χ4v) is 2.72. The van der Waals surface area contributed by atoms with Crippen molar-refractivity contribution in [1.82, 2.24) is 4.98 Å². The lowest BCUT2D eigenvalue weighted by atomic mass is 9.96. The maximum Gasteiger partial charge on any atom is 0.0402 e. The zero-order valence-electron chi connectivity index (χ0n) is 10.9. The fraction of sp³-hybridized carbons (Fsp3) is 0.643. The van der Waals surface area contributed by atoms with E-state index in [2.05, 4.69) is 28.9 Å². The molecule has 94 valence electrons. The molecule has 0 saturated carbocycles. The smallest absolute Gasteiger partial charge is 0.0402 e. The minimum Gasteiger partial charge on any atom is -0.368 e. The van der Waals surface area contributed by atoms with Crippen LogP contribution >= 0.6 is 0 Å². The van der Waals surface area contributed by atoms with Crippen LogP contribution in [0.25, 0.3) is 0 Å². The van der Waals surface area contributed by atoms with E-state index in [1.807, 2.05) is 13.1 Å². The van der Waals surface area contributed by atoms with Gasteiger partial charge in [0.1, 0.15) is 0 Å². The molecule has 3 heteroatoms. The molecule has 17 heavy (non-hydrogen) atoms. The number of anilines is 1. The largest absolute Gasteiger partial charge is 0.368 e. The van der Waals surface area contributed by atoms with Crippen molar-refractivity contribution in [3.05, 3.63) is 24.0 Å². The quantitative estimate of drug-likeness (QED) is 0.872. The second-order valence-corrected chi connectivity index (χ2v) is 5.21. The van der Waals surface area contributed by atoms with Crippen LogP contribution in [-0.4, -0.2) is 23.6 Å². The topological polar surface area (TPSA) is 42.1 Å². The average molecular weight is 233 g/mol. The standard InChI is InChI=1S/C14H23N3/c1-11(15)9-13-5-3-4-8-17(13)14-6-7-16-12(2)10-14/h6-7,10-11,13H,3-5,8-9,15H2,1-2H3.